The molecule has 2 amide bonds. The highest BCUT2D eigenvalue weighted by molar-refractivity contribution is 5.78. The molecule has 3 rings (SSSR count). The molecule has 0 bridgehead atoms. The smallest absolute Gasteiger partial charge is 0.318 e. The molecule has 1 aliphatic rings. The van der Waals surface area contributed by atoms with Gasteiger partial charge in [-0.15, -0.1) is 0 Å². The monoisotopic (exact) mass is 324 g/mol. The molecule has 124 valence electrons. The molecule has 0 radical (unpaired) electrons. The fourth-order valence-corrected chi connectivity index (χ4v) is 3.01. The second-order valence-electron chi connectivity index (χ2n) is 5.97. The van der Waals surface area contributed by atoms with Crippen LogP contribution in [-0.4, -0.2) is 35.1 Å². The number of rotatable bonds is 4. The van der Waals surface area contributed by atoms with Gasteiger partial charge in [0, 0.05) is 13.1 Å². The third-order valence-corrected chi connectivity index (χ3v) is 4.36. The van der Waals surface area contributed by atoms with Gasteiger partial charge in [0.25, 0.3) is 0 Å². The van der Waals surface area contributed by atoms with Gasteiger partial charge in [0.1, 0.15) is 0 Å². The van der Waals surface area contributed by atoms with Gasteiger partial charge in [-0.2, -0.15) is 0 Å². The minimum atomic E-state index is -0.840. The average molecular weight is 324 g/mol. The second-order valence-corrected chi connectivity index (χ2v) is 5.97. The van der Waals surface area contributed by atoms with E-state index in [1.807, 2.05) is 60.7 Å². The lowest BCUT2D eigenvalue weighted by Gasteiger charge is -2.24. The summed E-state index contributed by atoms with van der Waals surface area (Å²) >= 11 is 0. The number of amides is 2. The molecule has 24 heavy (non-hydrogen) atoms. The highest BCUT2D eigenvalue weighted by Crippen LogP contribution is 2.23. The number of aliphatic carboxylic acids is 1. The van der Waals surface area contributed by atoms with Gasteiger partial charge in [0.15, 0.2) is 0 Å². The summed E-state index contributed by atoms with van der Waals surface area (Å²) in [5.74, 6) is -1.31. The maximum atomic E-state index is 12.6. The normalized spacial score (nSPS) is 17.0. The van der Waals surface area contributed by atoms with Crippen LogP contribution in [0.4, 0.5) is 4.79 Å². The molecule has 5 heteroatoms. The van der Waals surface area contributed by atoms with Crippen molar-refractivity contribution in [2.24, 2.45) is 5.92 Å². The van der Waals surface area contributed by atoms with Crippen molar-refractivity contribution < 1.29 is 14.7 Å². The summed E-state index contributed by atoms with van der Waals surface area (Å²) in [5.41, 5.74) is 1.98. The van der Waals surface area contributed by atoms with Crippen LogP contribution in [0.3, 0.4) is 0 Å². The van der Waals surface area contributed by atoms with E-state index in [0.29, 0.717) is 13.0 Å². The first kappa shape index (κ1) is 16.1. The second kappa shape index (κ2) is 7.17. The number of carbonyl (C=O) groups is 2. The Morgan fingerprint density at radius 1 is 1.00 bits per heavy atom. The van der Waals surface area contributed by atoms with Gasteiger partial charge in [-0.1, -0.05) is 60.7 Å². The van der Waals surface area contributed by atoms with E-state index in [9.17, 15) is 9.59 Å². The molecule has 1 heterocycles. The fraction of sp³-hybridized carbons (Fsp3) is 0.263. The lowest BCUT2D eigenvalue weighted by molar-refractivity contribution is -0.141. The zero-order valence-electron chi connectivity index (χ0n) is 13.3. The Balaban J connectivity index is 1.78. The van der Waals surface area contributed by atoms with Crippen LogP contribution < -0.4 is 5.32 Å². The van der Waals surface area contributed by atoms with Crippen molar-refractivity contribution in [1.82, 2.24) is 10.2 Å². The van der Waals surface area contributed by atoms with Crippen LogP contribution in [0.15, 0.2) is 60.7 Å². The summed E-state index contributed by atoms with van der Waals surface area (Å²) in [6.07, 6.45) is 0.504. The van der Waals surface area contributed by atoms with Crippen molar-refractivity contribution in [3.63, 3.8) is 0 Å². The SMILES string of the molecule is O=C(O)C1CCN(C(=O)NC(c2ccccc2)c2ccccc2)C1. The van der Waals surface area contributed by atoms with Crippen molar-refractivity contribution in [2.45, 2.75) is 12.5 Å². The van der Waals surface area contributed by atoms with E-state index in [1.54, 1.807) is 4.90 Å². The van der Waals surface area contributed by atoms with Gasteiger partial charge in [0.2, 0.25) is 0 Å². The third-order valence-electron chi connectivity index (χ3n) is 4.36. The van der Waals surface area contributed by atoms with E-state index in [-0.39, 0.29) is 18.6 Å². The number of nitrogens with one attached hydrogen (secondary N) is 1. The van der Waals surface area contributed by atoms with Crippen molar-refractivity contribution in [3.8, 4) is 0 Å². The van der Waals surface area contributed by atoms with E-state index in [2.05, 4.69) is 5.32 Å². The Morgan fingerprint density at radius 3 is 2.00 bits per heavy atom. The number of hydrogen-bond donors (Lipinski definition) is 2. The van der Waals surface area contributed by atoms with Crippen LogP contribution in [0.25, 0.3) is 0 Å². The quantitative estimate of drug-likeness (QED) is 0.908. The van der Waals surface area contributed by atoms with E-state index < -0.39 is 11.9 Å². The molecule has 1 atom stereocenters. The molecule has 5 nitrogen and oxygen atoms in total. The van der Waals surface area contributed by atoms with E-state index >= 15 is 0 Å². The molecule has 1 saturated heterocycles. The Morgan fingerprint density at radius 2 is 1.54 bits per heavy atom. The third kappa shape index (κ3) is 3.56. The van der Waals surface area contributed by atoms with Gasteiger partial charge in [-0.3, -0.25) is 4.79 Å². The molecule has 0 spiro atoms. The predicted molar refractivity (Wildman–Crippen MR) is 90.6 cm³/mol. The summed E-state index contributed by atoms with van der Waals surface area (Å²) in [6.45, 7) is 0.733. The van der Waals surface area contributed by atoms with Crippen LogP contribution in [0.2, 0.25) is 0 Å². The molecule has 0 saturated carbocycles. The summed E-state index contributed by atoms with van der Waals surface area (Å²) in [7, 11) is 0. The number of carbonyl (C=O) groups excluding carboxylic acids is 1. The Hall–Kier alpha value is -2.82. The van der Waals surface area contributed by atoms with Gasteiger partial charge in [0.05, 0.1) is 12.0 Å². The molecule has 0 aromatic heterocycles. The minimum Gasteiger partial charge on any atom is -0.481 e. The Kier molecular flexibility index (Phi) is 4.79. The number of carboxylic acids is 1. The van der Waals surface area contributed by atoms with E-state index in [1.165, 1.54) is 0 Å². The lowest BCUT2D eigenvalue weighted by Crippen LogP contribution is -2.41. The summed E-state index contributed by atoms with van der Waals surface area (Å²) < 4.78 is 0. The van der Waals surface area contributed by atoms with Crippen LogP contribution in [0.5, 0.6) is 0 Å². The van der Waals surface area contributed by atoms with Gasteiger partial charge < -0.3 is 15.3 Å². The molecule has 2 N–H and O–H groups in total. The van der Waals surface area contributed by atoms with Crippen molar-refractivity contribution in [2.75, 3.05) is 13.1 Å². The summed E-state index contributed by atoms with van der Waals surface area (Å²) in [6, 6.07) is 19.0. The van der Waals surface area contributed by atoms with Gasteiger partial charge in [-0.05, 0) is 17.5 Å². The van der Waals surface area contributed by atoms with Gasteiger partial charge >= 0.3 is 12.0 Å². The Bertz CT molecular complexity index is 664. The number of hydrogen-bond acceptors (Lipinski definition) is 2. The molecule has 1 fully saturated rings. The first-order valence-electron chi connectivity index (χ1n) is 8.03. The number of likely N-dealkylation sites (tertiary alicyclic amines) is 1. The number of carboxylic acid groups (broad SMARTS) is 1. The summed E-state index contributed by atoms with van der Waals surface area (Å²) in [4.78, 5) is 25.2. The topological polar surface area (TPSA) is 69.6 Å². The standard InChI is InChI=1S/C19H20N2O3/c22-18(23)16-11-12-21(13-16)19(24)20-17(14-7-3-1-4-8-14)15-9-5-2-6-10-15/h1-10,16-17H,11-13H2,(H,20,24)(H,22,23). The largest absolute Gasteiger partial charge is 0.481 e. The van der Waals surface area contributed by atoms with Crippen LogP contribution >= 0.6 is 0 Å². The Labute approximate surface area is 140 Å². The van der Waals surface area contributed by atoms with Crippen LogP contribution in [0.1, 0.15) is 23.6 Å². The number of urea groups is 1. The molecule has 0 aliphatic carbocycles. The predicted octanol–water partition coefficient (Wildman–Crippen LogP) is 2.89. The number of benzene rings is 2. The first-order chi connectivity index (χ1) is 11.6. The van der Waals surface area contributed by atoms with Gasteiger partial charge in [-0.25, -0.2) is 4.79 Å². The maximum absolute atomic E-state index is 12.6. The van der Waals surface area contributed by atoms with E-state index in [0.717, 1.165) is 11.1 Å². The maximum Gasteiger partial charge on any atom is 0.318 e. The molecule has 2 aromatic rings. The molecule has 2 aromatic carbocycles. The lowest BCUT2D eigenvalue weighted by atomic mass is 9.99. The van der Waals surface area contributed by atoms with E-state index in [4.69, 9.17) is 5.11 Å². The molecular formula is C19H20N2O3. The van der Waals surface area contributed by atoms with Crippen molar-refractivity contribution in [3.05, 3.63) is 71.8 Å². The van der Waals surface area contributed by atoms with Crippen LogP contribution in [-0.2, 0) is 4.79 Å². The van der Waals surface area contributed by atoms with Crippen molar-refractivity contribution in [1.29, 1.82) is 0 Å². The minimum absolute atomic E-state index is 0.226. The molecule has 1 aliphatic heterocycles. The number of nitrogens with zero attached hydrogens (tertiary/aromatic N) is 1. The molecule has 1 unspecified atom stereocenters. The summed E-state index contributed by atoms with van der Waals surface area (Å²) in [5, 5.41) is 12.1. The highest BCUT2D eigenvalue weighted by Gasteiger charge is 2.31. The highest BCUT2D eigenvalue weighted by atomic mass is 16.4. The van der Waals surface area contributed by atoms with Crippen molar-refractivity contribution >= 4 is 12.0 Å². The fourth-order valence-electron chi connectivity index (χ4n) is 3.01. The average Bonchev–Trinajstić information content (AvgIpc) is 3.11. The zero-order chi connectivity index (χ0) is 16.9. The molecular weight excluding hydrogens is 304 g/mol. The van der Waals surface area contributed by atoms with Crippen LogP contribution in [0, 0.1) is 5.92 Å². The first-order valence-corrected chi connectivity index (χ1v) is 8.03. The zero-order valence-corrected chi connectivity index (χ0v) is 13.3.